The predicted molar refractivity (Wildman–Crippen MR) is 79.7 cm³/mol. The molecule has 2 heterocycles. The van der Waals surface area contributed by atoms with E-state index in [4.69, 9.17) is 4.74 Å². The molecule has 0 aliphatic carbocycles. The molecule has 0 saturated carbocycles. The van der Waals surface area contributed by atoms with Crippen LogP contribution in [0.5, 0.6) is 0 Å². The Morgan fingerprint density at radius 3 is 2.67 bits per heavy atom. The van der Waals surface area contributed by atoms with Crippen LogP contribution >= 0.6 is 0 Å². The summed E-state index contributed by atoms with van der Waals surface area (Å²) < 4.78 is 5.43. The third-order valence-corrected chi connectivity index (χ3v) is 3.60. The highest BCUT2D eigenvalue weighted by molar-refractivity contribution is 5.68. The van der Waals surface area contributed by atoms with Crippen LogP contribution in [0.1, 0.15) is 38.8 Å². The summed E-state index contributed by atoms with van der Waals surface area (Å²) >= 11 is 0. The molecule has 1 amide bonds. The molecule has 2 unspecified atom stereocenters. The topological polar surface area (TPSA) is 67.4 Å². The number of nitrogens with one attached hydrogen (secondary N) is 1. The largest absolute Gasteiger partial charge is 0.444 e. The fourth-order valence-corrected chi connectivity index (χ4v) is 2.70. The Morgan fingerprint density at radius 2 is 2.10 bits per heavy atom. The van der Waals surface area contributed by atoms with Crippen LogP contribution in [0.4, 0.5) is 4.79 Å². The Kier molecular flexibility index (Phi) is 4.77. The van der Waals surface area contributed by atoms with Gasteiger partial charge in [-0.15, -0.1) is 0 Å². The lowest BCUT2D eigenvalue weighted by molar-refractivity contribution is 0.0285. The Hall–Kier alpha value is -1.69. The first-order valence-corrected chi connectivity index (χ1v) is 7.31. The van der Waals surface area contributed by atoms with Crippen molar-refractivity contribution in [3.63, 3.8) is 0 Å². The number of nitrogens with zero attached hydrogens (tertiary/aromatic N) is 3. The van der Waals surface area contributed by atoms with E-state index in [9.17, 15) is 4.79 Å². The lowest BCUT2D eigenvalue weighted by Gasteiger charge is -2.26. The van der Waals surface area contributed by atoms with Crippen LogP contribution in [-0.4, -0.2) is 46.7 Å². The highest BCUT2D eigenvalue weighted by atomic mass is 16.6. The van der Waals surface area contributed by atoms with Crippen molar-refractivity contribution in [1.29, 1.82) is 0 Å². The zero-order chi connectivity index (χ0) is 15.5. The van der Waals surface area contributed by atoms with E-state index in [1.807, 2.05) is 40.2 Å². The second-order valence-electron chi connectivity index (χ2n) is 6.41. The number of amides is 1. The molecule has 0 aromatic carbocycles. The second kappa shape index (κ2) is 6.39. The van der Waals surface area contributed by atoms with Crippen molar-refractivity contribution in [2.75, 3.05) is 20.1 Å². The van der Waals surface area contributed by atoms with Gasteiger partial charge in [0.05, 0.1) is 0 Å². The zero-order valence-corrected chi connectivity index (χ0v) is 13.2. The number of aromatic nitrogens is 2. The molecule has 0 bridgehead atoms. The van der Waals surface area contributed by atoms with Gasteiger partial charge in [0.15, 0.2) is 0 Å². The van der Waals surface area contributed by atoms with E-state index >= 15 is 0 Å². The number of hydrogen-bond acceptors (Lipinski definition) is 5. The van der Waals surface area contributed by atoms with Crippen molar-refractivity contribution in [3.8, 4) is 0 Å². The summed E-state index contributed by atoms with van der Waals surface area (Å²) in [6.07, 6.45) is 5.88. The van der Waals surface area contributed by atoms with E-state index in [-0.39, 0.29) is 12.1 Å². The van der Waals surface area contributed by atoms with E-state index in [1.54, 1.807) is 4.90 Å². The van der Waals surface area contributed by atoms with Crippen molar-refractivity contribution in [2.24, 2.45) is 5.92 Å². The van der Waals surface area contributed by atoms with Crippen molar-refractivity contribution in [1.82, 2.24) is 20.2 Å². The quantitative estimate of drug-likeness (QED) is 0.923. The van der Waals surface area contributed by atoms with E-state index in [0.717, 1.165) is 18.5 Å². The molecule has 6 nitrogen and oxygen atoms in total. The average Bonchev–Trinajstić information content (AvgIpc) is 2.89. The minimum absolute atomic E-state index is 0.152. The molecule has 0 radical (unpaired) electrons. The molecule has 1 aliphatic heterocycles. The van der Waals surface area contributed by atoms with Crippen molar-refractivity contribution in [3.05, 3.63) is 24.3 Å². The highest BCUT2D eigenvalue weighted by Crippen LogP contribution is 2.30. The molecular formula is C15H24N4O2. The van der Waals surface area contributed by atoms with Crippen LogP contribution in [0, 0.1) is 5.92 Å². The Labute approximate surface area is 125 Å². The summed E-state index contributed by atoms with van der Waals surface area (Å²) in [5, 5.41) is 3.31. The van der Waals surface area contributed by atoms with E-state index in [0.29, 0.717) is 12.5 Å². The minimum atomic E-state index is -0.454. The molecule has 1 aromatic heterocycles. The van der Waals surface area contributed by atoms with Gasteiger partial charge in [-0.05, 0) is 40.2 Å². The maximum Gasteiger partial charge on any atom is 0.410 e. The average molecular weight is 292 g/mol. The molecule has 1 N–H and O–H groups in total. The Morgan fingerprint density at radius 1 is 1.43 bits per heavy atom. The number of rotatable bonds is 3. The van der Waals surface area contributed by atoms with Gasteiger partial charge in [0.2, 0.25) is 0 Å². The Balaban J connectivity index is 1.99. The van der Waals surface area contributed by atoms with Gasteiger partial charge in [-0.3, -0.25) is 0 Å². The molecule has 1 aromatic rings. The van der Waals surface area contributed by atoms with Gasteiger partial charge in [-0.2, -0.15) is 0 Å². The van der Waals surface area contributed by atoms with Crippen LogP contribution in [0.2, 0.25) is 0 Å². The number of ether oxygens (including phenoxy) is 1. The minimum Gasteiger partial charge on any atom is -0.444 e. The lowest BCUT2D eigenvalue weighted by atomic mass is 9.94. The third-order valence-electron chi connectivity index (χ3n) is 3.60. The molecule has 1 aliphatic rings. The normalized spacial score (nSPS) is 20.4. The standard InChI is InChI=1S/C15H24N4O2/c1-15(2,3)21-14(20)19-6-5-11(9-19)13(16-4)12-7-17-10-18-8-12/h7-8,10-11,13,16H,5-6,9H2,1-4H3. The van der Waals surface area contributed by atoms with Crippen molar-refractivity contribution >= 4 is 6.09 Å². The number of carbonyl (C=O) groups excluding carboxylic acids is 1. The first-order chi connectivity index (χ1) is 9.90. The molecule has 0 spiro atoms. The van der Waals surface area contributed by atoms with E-state index in [2.05, 4.69) is 15.3 Å². The summed E-state index contributed by atoms with van der Waals surface area (Å²) in [6.45, 7) is 7.07. The van der Waals surface area contributed by atoms with Crippen LogP contribution < -0.4 is 5.32 Å². The monoisotopic (exact) mass is 292 g/mol. The zero-order valence-electron chi connectivity index (χ0n) is 13.2. The Bertz CT molecular complexity index is 472. The van der Waals surface area contributed by atoms with Crippen LogP contribution in [-0.2, 0) is 4.74 Å². The summed E-state index contributed by atoms with van der Waals surface area (Å²) in [5.41, 5.74) is 0.598. The third kappa shape index (κ3) is 4.14. The van der Waals surface area contributed by atoms with Crippen molar-refractivity contribution in [2.45, 2.75) is 38.8 Å². The number of carbonyl (C=O) groups is 1. The molecular weight excluding hydrogens is 268 g/mol. The van der Waals surface area contributed by atoms with Crippen molar-refractivity contribution < 1.29 is 9.53 Å². The summed E-state index contributed by atoms with van der Waals surface area (Å²) in [4.78, 5) is 22.0. The summed E-state index contributed by atoms with van der Waals surface area (Å²) in [6, 6.07) is 0.152. The summed E-state index contributed by atoms with van der Waals surface area (Å²) in [5.74, 6) is 0.341. The lowest BCUT2D eigenvalue weighted by Crippen LogP contribution is -2.36. The summed E-state index contributed by atoms with van der Waals surface area (Å²) in [7, 11) is 1.92. The molecule has 6 heteroatoms. The van der Waals surface area contributed by atoms with Gasteiger partial charge in [-0.1, -0.05) is 0 Å². The SMILES string of the molecule is CNC(c1cncnc1)C1CCN(C(=O)OC(C)(C)C)C1. The molecule has 2 rings (SSSR count). The van der Waals surface area contributed by atoms with Gasteiger partial charge in [0, 0.05) is 37.1 Å². The molecule has 116 valence electrons. The highest BCUT2D eigenvalue weighted by Gasteiger charge is 2.34. The first kappa shape index (κ1) is 15.7. The number of likely N-dealkylation sites (tertiary alicyclic amines) is 1. The maximum absolute atomic E-state index is 12.1. The molecule has 2 atom stereocenters. The van der Waals surface area contributed by atoms with Gasteiger partial charge in [-0.25, -0.2) is 14.8 Å². The smallest absolute Gasteiger partial charge is 0.410 e. The molecule has 1 fully saturated rings. The van der Waals surface area contributed by atoms with Crippen LogP contribution in [0.15, 0.2) is 18.7 Å². The fraction of sp³-hybridized carbons (Fsp3) is 0.667. The maximum atomic E-state index is 12.1. The van der Waals surface area contributed by atoms with Gasteiger partial charge >= 0.3 is 6.09 Å². The van der Waals surface area contributed by atoms with Gasteiger partial charge < -0.3 is 15.0 Å². The van der Waals surface area contributed by atoms with Gasteiger partial charge in [0.25, 0.3) is 0 Å². The van der Waals surface area contributed by atoms with Crippen LogP contribution in [0.25, 0.3) is 0 Å². The van der Waals surface area contributed by atoms with E-state index < -0.39 is 5.60 Å². The predicted octanol–water partition coefficient (Wildman–Crippen LogP) is 1.99. The first-order valence-electron chi connectivity index (χ1n) is 7.31. The second-order valence-corrected chi connectivity index (χ2v) is 6.41. The molecule has 21 heavy (non-hydrogen) atoms. The van der Waals surface area contributed by atoms with Crippen LogP contribution in [0.3, 0.4) is 0 Å². The molecule has 1 saturated heterocycles. The fourth-order valence-electron chi connectivity index (χ4n) is 2.70. The number of hydrogen-bond donors (Lipinski definition) is 1. The van der Waals surface area contributed by atoms with Gasteiger partial charge in [0.1, 0.15) is 11.9 Å². The van der Waals surface area contributed by atoms with E-state index in [1.165, 1.54) is 6.33 Å².